The fourth-order valence-electron chi connectivity index (χ4n) is 5.13. The summed E-state index contributed by atoms with van der Waals surface area (Å²) in [6.07, 6.45) is -10.1. The van der Waals surface area contributed by atoms with E-state index in [1.807, 2.05) is 0 Å². The van der Waals surface area contributed by atoms with Crippen LogP contribution >= 0.6 is 0 Å². The lowest BCUT2D eigenvalue weighted by atomic mass is 10.0. The molecule has 0 N–H and O–H groups in total. The number of hydrogen-bond donors (Lipinski definition) is 0. The Balaban J connectivity index is 1.75. The van der Waals surface area contributed by atoms with E-state index >= 15 is 0 Å². The van der Waals surface area contributed by atoms with Gasteiger partial charge in [0.15, 0.2) is 0 Å². The average molecular weight is 685 g/mol. The first-order valence-corrected chi connectivity index (χ1v) is 14.8. The van der Waals surface area contributed by atoms with Crippen molar-refractivity contribution in [1.82, 2.24) is 9.55 Å². The maximum absolute atomic E-state index is 14.0. The summed E-state index contributed by atoms with van der Waals surface area (Å²) in [5.41, 5.74) is -0.714. The zero-order valence-corrected chi connectivity index (χ0v) is 26.5. The van der Waals surface area contributed by atoms with Crippen LogP contribution in [-0.2, 0) is 28.4 Å². The fourth-order valence-corrected chi connectivity index (χ4v) is 5.13. The first-order chi connectivity index (χ1) is 23.3. The van der Waals surface area contributed by atoms with Crippen molar-refractivity contribution in [3.63, 3.8) is 0 Å². The van der Waals surface area contributed by atoms with Crippen LogP contribution < -0.4 is 9.47 Å². The normalized spacial score (nSPS) is 11.8. The summed E-state index contributed by atoms with van der Waals surface area (Å²) in [5.74, 6) is 0.331. The summed E-state index contributed by atoms with van der Waals surface area (Å²) in [7, 11) is 4.45. The molecule has 13 heteroatoms. The van der Waals surface area contributed by atoms with Crippen molar-refractivity contribution in [1.29, 1.82) is 0 Å². The Bertz CT molecular complexity index is 1870. The Labute approximate surface area is 277 Å². The number of benzene rings is 4. The van der Waals surface area contributed by atoms with Gasteiger partial charge in [-0.05, 0) is 84.4 Å². The number of carbonyl (C=O) groups is 1. The lowest BCUT2D eigenvalue weighted by molar-refractivity contribution is -0.143. The van der Waals surface area contributed by atoms with Crippen molar-refractivity contribution >= 4 is 5.97 Å². The second kappa shape index (κ2) is 14.4. The van der Waals surface area contributed by atoms with Crippen molar-refractivity contribution in [3.05, 3.63) is 113 Å². The van der Waals surface area contributed by atoms with Gasteiger partial charge in [0, 0.05) is 30.3 Å². The number of hydrogen-bond acceptors (Lipinski definition) is 6. The Morgan fingerprint density at radius 1 is 0.673 bits per heavy atom. The van der Waals surface area contributed by atoms with Crippen LogP contribution in [0.15, 0.2) is 91.0 Å². The molecule has 0 radical (unpaired) electrons. The van der Waals surface area contributed by atoms with E-state index in [2.05, 4.69) is 0 Å². The van der Waals surface area contributed by atoms with Gasteiger partial charge in [0.25, 0.3) is 0 Å². The molecule has 49 heavy (non-hydrogen) atoms. The molecule has 0 aliphatic carbocycles. The molecule has 4 aromatic carbocycles. The maximum Gasteiger partial charge on any atom is 0.416 e. The van der Waals surface area contributed by atoms with Crippen LogP contribution in [0.2, 0.25) is 0 Å². The minimum atomic E-state index is -5.07. The van der Waals surface area contributed by atoms with E-state index in [1.54, 1.807) is 65.2 Å². The zero-order valence-electron chi connectivity index (χ0n) is 26.5. The van der Waals surface area contributed by atoms with Gasteiger partial charge in [-0.25, -0.2) is 9.78 Å². The predicted octanol–water partition coefficient (Wildman–Crippen LogP) is 8.79. The highest BCUT2D eigenvalue weighted by molar-refractivity contribution is 5.89. The van der Waals surface area contributed by atoms with Gasteiger partial charge >= 0.3 is 18.3 Å². The summed E-state index contributed by atoms with van der Waals surface area (Å²) in [5, 5.41) is 0. The number of carbonyl (C=O) groups excluding carboxylic acids is 1. The van der Waals surface area contributed by atoms with E-state index in [1.165, 1.54) is 33.5 Å². The molecule has 0 aliphatic rings. The molecular formula is C36H30F6N2O5. The van der Waals surface area contributed by atoms with Crippen LogP contribution in [0.4, 0.5) is 26.3 Å². The molecule has 0 aliphatic heterocycles. The van der Waals surface area contributed by atoms with Gasteiger partial charge in [-0.2, -0.15) is 26.3 Å². The summed E-state index contributed by atoms with van der Waals surface area (Å²) in [4.78, 5) is 17.2. The Morgan fingerprint density at radius 3 is 1.69 bits per heavy atom. The molecule has 1 heterocycles. The zero-order chi connectivity index (χ0) is 35.3. The summed E-state index contributed by atoms with van der Waals surface area (Å²) in [6.45, 7) is 0.214. The van der Waals surface area contributed by atoms with E-state index < -0.39 is 35.0 Å². The summed E-state index contributed by atoms with van der Waals surface area (Å²) < 4.78 is 106. The van der Waals surface area contributed by atoms with E-state index in [4.69, 9.17) is 23.9 Å². The van der Waals surface area contributed by atoms with E-state index in [9.17, 15) is 31.1 Å². The number of ether oxygens (including phenoxy) is 4. The van der Waals surface area contributed by atoms with Crippen molar-refractivity contribution in [2.24, 2.45) is 0 Å². The maximum atomic E-state index is 14.0. The molecular weight excluding hydrogens is 654 g/mol. The molecule has 0 fully saturated rings. The van der Waals surface area contributed by atoms with Crippen LogP contribution in [0.5, 0.6) is 11.5 Å². The largest absolute Gasteiger partial charge is 0.497 e. The van der Waals surface area contributed by atoms with Crippen LogP contribution in [-0.4, -0.2) is 50.1 Å². The van der Waals surface area contributed by atoms with E-state index in [0.29, 0.717) is 51.7 Å². The lowest BCUT2D eigenvalue weighted by Gasteiger charge is -2.17. The van der Waals surface area contributed by atoms with E-state index in [-0.39, 0.29) is 37.2 Å². The van der Waals surface area contributed by atoms with Crippen LogP contribution in [0.25, 0.3) is 33.9 Å². The third-order valence-corrected chi connectivity index (χ3v) is 7.59. The number of halogens is 6. The van der Waals surface area contributed by atoms with Crippen molar-refractivity contribution in [3.8, 4) is 45.4 Å². The summed E-state index contributed by atoms with van der Waals surface area (Å²) in [6, 6.07) is 21.2. The van der Waals surface area contributed by atoms with Gasteiger partial charge in [-0.3, -0.25) is 0 Å². The highest BCUT2D eigenvalue weighted by Crippen LogP contribution is 2.42. The summed E-state index contributed by atoms with van der Waals surface area (Å²) >= 11 is 0. The van der Waals surface area contributed by atoms with Gasteiger partial charge < -0.3 is 23.5 Å². The molecule has 7 nitrogen and oxygen atoms in total. The lowest BCUT2D eigenvalue weighted by Crippen LogP contribution is -2.12. The van der Waals surface area contributed by atoms with E-state index in [0.717, 1.165) is 0 Å². The molecule has 0 atom stereocenters. The minimum Gasteiger partial charge on any atom is -0.497 e. The topological polar surface area (TPSA) is 71.8 Å². The molecule has 0 amide bonds. The molecule has 256 valence electrons. The third-order valence-electron chi connectivity index (χ3n) is 7.59. The average Bonchev–Trinajstić information content (AvgIpc) is 3.46. The second-order valence-electron chi connectivity index (χ2n) is 10.8. The number of aromatic nitrogens is 2. The smallest absolute Gasteiger partial charge is 0.416 e. The first-order valence-electron chi connectivity index (χ1n) is 14.8. The molecule has 5 aromatic rings. The quantitative estimate of drug-likeness (QED) is 0.0787. The highest BCUT2D eigenvalue weighted by atomic mass is 19.4. The Hall–Kier alpha value is -5.30. The molecule has 0 unspecified atom stereocenters. The van der Waals surface area contributed by atoms with Gasteiger partial charge in [0.1, 0.15) is 23.9 Å². The van der Waals surface area contributed by atoms with Crippen molar-refractivity contribution in [2.45, 2.75) is 18.9 Å². The molecule has 5 rings (SSSR count). The van der Waals surface area contributed by atoms with Crippen LogP contribution in [0, 0.1) is 0 Å². The Kier molecular flexibility index (Phi) is 10.3. The van der Waals surface area contributed by atoms with Crippen molar-refractivity contribution in [2.75, 3.05) is 34.5 Å². The van der Waals surface area contributed by atoms with Crippen LogP contribution in [0.1, 0.15) is 27.0 Å². The number of nitrogens with zero attached hydrogens (tertiary/aromatic N) is 2. The predicted molar refractivity (Wildman–Crippen MR) is 169 cm³/mol. The monoisotopic (exact) mass is 684 g/mol. The standard InChI is InChI=1S/C36H30F6N2O5/c1-46-16-17-49-34(45)25-6-4-22(5-7-25)21-44-32(24-10-14-30(48-3)15-11-24)31(23-8-12-29(47-2)13-9-23)43-33(44)26-18-27(35(37,38)39)20-28(19-26)36(40,41)42/h4-15,18-20H,16-17,21H2,1-3H3. The number of imidazole rings is 1. The number of rotatable bonds is 11. The van der Waals surface area contributed by atoms with Gasteiger partial charge in [-0.1, -0.05) is 12.1 Å². The Morgan fingerprint density at radius 2 is 1.20 bits per heavy atom. The molecule has 0 saturated heterocycles. The number of alkyl halides is 6. The molecule has 0 bridgehead atoms. The fraction of sp³-hybridized carbons (Fsp3) is 0.222. The molecule has 0 saturated carbocycles. The van der Waals surface area contributed by atoms with Crippen molar-refractivity contribution < 1.29 is 50.1 Å². The second-order valence-corrected chi connectivity index (χ2v) is 10.8. The highest BCUT2D eigenvalue weighted by Gasteiger charge is 2.38. The van der Waals surface area contributed by atoms with Gasteiger partial charge in [0.2, 0.25) is 0 Å². The van der Waals surface area contributed by atoms with Gasteiger partial charge in [-0.15, -0.1) is 0 Å². The number of methoxy groups -OCH3 is 3. The molecule has 0 spiro atoms. The van der Waals surface area contributed by atoms with Gasteiger partial charge in [0.05, 0.1) is 48.9 Å². The third kappa shape index (κ3) is 8.06. The molecule has 1 aromatic heterocycles. The SMILES string of the molecule is COCCOC(=O)c1ccc(Cn2c(-c3cc(C(F)(F)F)cc(C(F)(F)F)c3)nc(-c3ccc(OC)cc3)c2-c2ccc(OC)cc2)cc1. The number of esters is 1. The van der Waals surface area contributed by atoms with Crippen LogP contribution in [0.3, 0.4) is 0 Å². The first kappa shape index (κ1) is 35.0. The minimum absolute atomic E-state index is 0.0452.